The van der Waals surface area contributed by atoms with E-state index in [1.165, 1.54) is 24.2 Å². The van der Waals surface area contributed by atoms with Gasteiger partial charge in [-0.3, -0.25) is 9.59 Å². The molecule has 0 aromatic heterocycles. The van der Waals surface area contributed by atoms with Gasteiger partial charge in [-0.25, -0.2) is 0 Å². The first-order valence-corrected chi connectivity index (χ1v) is 8.40. The van der Waals surface area contributed by atoms with E-state index in [-0.39, 0.29) is 16.9 Å². The average Bonchev–Trinajstić information content (AvgIpc) is 2.50. The summed E-state index contributed by atoms with van der Waals surface area (Å²) in [5, 5.41) is 2.57. The van der Waals surface area contributed by atoms with Gasteiger partial charge >= 0.3 is 0 Å². The highest BCUT2D eigenvalue weighted by Crippen LogP contribution is 2.27. The molecule has 120 valence electrons. The van der Waals surface area contributed by atoms with Crippen LogP contribution in [0.3, 0.4) is 0 Å². The van der Waals surface area contributed by atoms with E-state index < -0.39 is 0 Å². The van der Waals surface area contributed by atoms with Crippen molar-refractivity contribution in [1.82, 2.24) is 0 Å². The largest absolute Gasteiger partial charge is 0.326 e. The molecular weight excluding hydrogens is 306 g/mol. The van der Waals surface area contributed by atoms with Crippen LogP contribution in [-0.4, -0.2) is 16.9 Å². The number of benzene rings is 2. The molecule has 4 heteroatoms. The van der Waals surface area contributed by atoms with Crippen LogP contribution in [0.2, 0.25) is 0 Å². The van der Waals surface area contributed by atoms with E-state index in [0.717, 1.165) is 21.7 Å². The third-order valence-electron chi connectivity index (χ3n) is 3.65. The van der Waals surface area contributed by atoms with Gasteiger partial charge in [0, 0.05) is 23.1 Å². The Balaban J connectivity index is 2.05. The molecule has 0 bridgehead atoms. The van der Waals surface area contributed by atoms with Crippen LogP contribution < -0.4 is 5.32 Å². The molecule has 0 heterocycles. The molecule has 0 spiro atoms. The van der Waals surface area contributed by atoms with Crippen molar-refractivity contribution in [3.63, 3.8) is 0 Å². The summed E-state index contributed by atoms with van der Waals surface area (Å²) in [4.78, 5) is 24.6. The second-order valence-corrected chi connectivity index (χ2v) is 7.04. The molecule has 0 radical (unpaired) electrons. The Morgan fingerprint density at radius 3 is 2.22 bits per heavy atom. The molecule has 23 heavy (non-hydrogen) atoms. The lowest BCUT2D eigenvalue weighted by atomic mass is 10.0. The van der Waals surface area contributed by atoms with Gasteiger partial charge in [-0.1, -0.05) is 12.1 Å². The number of carbonyl (C=O) groups excluding carboxylic acids is 2. The zero-order chi connectivity index (χ0) is 17.0. The molecule has 0 saturated heterocycles. The van der Waals surface area contributed by atoms with Crippen molar-refractivity contribution in [3.8, 4) is 0 Å². The number of amides is 1. The fourth-order valence-corrected chi connectivity index (χ4v) is 3.15. The SMILES string of the molecule is CC(=O)Nc1ccc(SC(C)C(=O)c2ccc(C)c(C)c2)cc1. The van der Waals surface area contributed by atoms with E-state index in [4.69, 9.17) is 0 Å². The monoisotopic (exact) mass is 327 g/mol. The van der Waals surface area contributed by atoms with Gasteiger partial charge in [0.25, 0.3) is 0 Å². The van der Waals surface area contributed by atoms with Gasteiger partial charge in [0.05, 0.1) is 5.25 Å². The number of hydrogen-bond acceptors (Lipinski definition) is 3. The highest BCUT2D eigenvalue weighted by molar-refractivity contribution is 8.00. The highest BCUT2D eigenvalue weighted by atomic mass is 32.2. The Morgan fingerprint density at radius 1 is 1.00 bits per heavy atom. The second-order valence-electron chi connectivity index (χ2n) is 5.63. The first kappa shape index (κ1) is 17.3. The number of Topliss-reactive ketones (excluding diaryl/α,β-unsaturated/α-hetero) is 1. The zero-order valence-electron chi connectivity index (χ0n) is 13.8. The number of hydrogen-bond donors (Lipinski definition) is 1. The summed E-state index contributed by atoms with van der Waals surface area (Å²) in [6.45, 7) is 7.46. The predicted octanol–water partition coefficient (Wildman–Crippen LogP) is 4.63. The highest BCUT2D eigenvalue weighted by Gasteiger charge is 2.17. The third-order valence-corrected chi connectivity index (χ3v) is 4.76. The van der Waals surface area contributed by atoms with Gasteiger partial charge in [-0.15, -0.1) is 11.8 Å². The molecule has 0 aliphatic heterocycles. The van der Waals surface area contributed by atoms with Crippen LogP contribution in [0.15, 0.2) is 47.4 Å². The van der Waals surface area contributed by atoms with Gasteiger partial charge in [0.1, 0.15) is 0 Å². The number of anilines is 1. The van der Waals surface area contributed by atoms with Crippen LogP contribution in [0.4, 0.5) is 5.69 Å². The average molecular weight is 327 g/mol. The molecule has 2 rings (SSSR count). The Morgan fingerprint density at radius 2 is 1.65 bits per heavy atom. The number of aryl methyl sites for hydroxylation is 2. The van der Waals surface area contributed by atoms with Crippen molar-refractivity contribution in [2.24, 2.45) is 0 Å². The van der Waals surface area contributed by atoms with Crippen molar-refractivity contribution in [2.75, 3.05) is 5.32 Å². The summed E-state index contributed by atoms with van der Waals surface area (Å²) in [7, 11) is 0. The van der Waals surface area contributed by atoms with Gasteiger partial charge in [-0.2, -0.15) is 0 Å². The lowest BCUT2D eigenvalue weighted by Gasteiger charge is -2.12. The van der Waals surface area contributed by atoms with E-state index >= 15 is 0 Å². The Bertz CT molecular complexity index is 723. The van der Waals surface area contributed by atoms with Crippen LogP contribution in [0.25, 0.3) is 0 Å². The molecule has 0 aliphatic carbocycles. The van der Waals surface area contributed by atoms with E-state index in [9.17, 15) is 9.59 Å². The summed E-state index contributed by atoms with van der Waals surface area (Å²) >= 11 is 1.52. The molecule has 1 N–H and O–H groups in total. The normalized spacial score (nSPS) is 11.8. The maximum atomic E-state index is 12.5. The second kappa shape index (κ2) is 7.47. The van der Waals surface area contributed by atoms with E-state index in [1.807, 2.05) is 63.2 Å². The van der Waals surface area contributed by atoms with Crippen molar-refractivity contribution in [2.45, 2.75) is 37.8 Å². The fourth-order valence-electron chi connectivity index (χ4n) is 2.21. The minimum absolute atomic E-state index is 0.0938. The van der Waals surface area contributed by atoms with Gasteiger partial charge < -0.3 is 5.32 Å². The molecule has 0 aliphatic rings. The number of carbonyl (C=O) groups is 2. The minimum atomic E-state index is -0.163. The molecular formula is C19H21NO2S. The lowest BCUT2D eigenvalue weighted by Crippen LogP contribution is -2.13. The topological polar surface area (TPSA) is 46.2 Å². The lowest BCUT2D eigenvalue weighted by molar-refractivity contribution is -0.114. The van der Waals surface area contributed by atoms with Crippen LogP contribution in [0.1, 0.15) is 35.3 Å². The maximum absolute atomic E-state index is 12.5. The van der Waals surface area contributed by atoms with E-state index in [0.29, 0.717) is 0 Å². The van der Waals surface area contributed by atoms with Crippen LogP contribution in [0, 0.1) is 13.8 Å². The Kier molecular flexibility index (Phi) is 5.61. The van der Waals surface area contributed by atoms with Crippen molar-refractivity contribution in [1.29, 1.82) is 0 Å². The molecule has 2 aromatic rings. The molecule has 1 unspecified atom stereocenters. The predicted molar refractivity (Wildman–Crippen MR) is 96.3 cm³/mol. The van der Waals surface area contributed by atoms with Gasteiger partial charge in [0.2, 0.25) is 5.91 Å². The molecule has 1 atom stereocenters. The van der Waals surface area contributed by atoms with Gasteiger partial charge in [-0.05, 0) is 62.2 Å². The maximum Gasteiger partial charge on any atom is 0.221 e. The Labute approximate surface area is 141 Å². The van der Waals surface area contributed by atoms with Crippen molar-refractivity contribution < 1.29 is 9.59 Å². The minimum Gasteiger partial charge on any atom is -0.326 e. The first-order valence-electron chi connectivity index (χ1n) is 7.52. The summed E-state index contributed by atoms with van der Waals surface area (Å²) in [5.74, 6) is 0.0349. The number of ketones is 1. The number of nitrogens with one attached hydrogen (secondary N) is 1. The third kappa shape index (κ3) is 4.70. The van der Waals surface area contributed by atoms with Crippen molar-refractivity contribution >= 4 is 29.1 Å². The summed E-state index contributed by atoms with van der Waals surface area (Å²) in [5.41, 5.74) is 3.83. The van der Waals surface area contributed by atoms with E-state index in [2.05, 4.69) is 5.32 Å². The Hall–Kier alpha value is -2.07. The quantitative estimate of drug-likeness (QED) is 0.643. The molecule has 0 fully saturated rings. The van der Waals surface area contributed by atoms with Crippen LogP contribution >= 0.6 is 11.8 Å². The number of rotatable bonds is 5. The van der Waals surface area contributed by atoms with Crippen LogP contribution in [-0.2, 0) is 4.79 Å². The summed E-state index contributed by atoms with van der Waals surface area (Å²) < 4.78 is 0. The zero-order valence-corrected chi connectivity index (χ0v) is 14.7. The number of thioether (sulfide) groups is 1. The fraction of sp³-hybridized carbons (Fsp3) is 0.263. The van der Waals surface area contributed by atoms with E-state index in [1.54, 1.807) is 0 Å². The molecule has 2 aromatic carbocycles. The standard InChI is InChI=1S/C19H21NO2S/c1-12-5-6-16(11-13(12)2)19(22)14(3)23-18-9-7-17(8-10-18)20-15(4)21/h5-11,14H,1-4H3,(H,20,21). The molecule has 3 nitrogen and oxygen atoms in total. The summed E-state index contributed by atoms with van der Waals surface area (Å²) in [6.07, 6.45) is 0. The molecule has 1 amide bonds. The smallest absolute Gasteiger partial charge is 0.221 e. The van der Waals surface area contributed by atoms with Crippen molar-refractivity contribution in [3.05, 3.63) is 59.2 Å². The van der Waals surface area contributed by atoms with Crippen LogP contribution in [0.5, 0.6) is 0 Å². The molecule has 0 saturated carbocycles. The summed E-state index contributed by atoms with van der Waals surface area (Å²) in [6, 6.07) is 13.4. The first-order chi connectivity index (χ1) is 10.9. The van der Waals surface area contributed by atoms with Gasteiger partial charge in [0.15, 0.2) is 5.78 Å².